The lowest BCUT2D eigenvalue weighted by atomic mass is 10.0. The molecule has 0 fully saturated rings. The second kappa shape index (κ2) is 8.06. The maximum Gasteiger partial charge on any atom is 0.271 e. The quantitative estimate of drug-likeness (QED) is 0.398. The average Bonchev–Trinajstić information content (AvgIpc) is 3.25. The monoisotopic (exact) mass is 460 g/mol. The van der Waals surface area contributed by atoms with Crippen molar-refractivity contribution in [3.05, 3.63) is 88.5 Å². The number of fused-ring (bicyclic) bond motifs is 1. The molecule has 0 atom stereocenters. The molecule has 1 aromatic heterocycles. The maximum absolute atomic E-state index is 14.1. The fourth-order valence-electron chi connectivity index (χ4n) is 2.90. The molecule has 3 aromatic carbocycles. The van der Waals surface area contributed by atoms with E-state index in [0.29, 0.717) is 0 Å². The molecule has 30 heavy (non-hydrogen) atoms. The van der Waals surface area contributed by atoms with E-state index in [2.05, 4.69) is 10.0 Å². The molecule has 0 saturated carbocycles. The summed E-state index contributed by atoms with van der Waals surface area (Å²) in [6.45, 7) is 0. The number of nitrogens with one attached hydrogen (secondary N) is 2. The SMILES string of the molecule is O=C(Nc1ccc(Cl)cc1F)c1cc2ccccc2cc1NS(=O)(=O)c1cccs1. The maximum atomic E-state index is 14.1. The minimum atomic E-state index is -3.88. The van der Waals surface area contributed by atoms with Crippen molar-refractivity contribution in [3.63, 3.8) is 0 Å². The van der Waals surface area contributed by atoms with Gasteiger partial charge < -0.3 is 5.32 Å². The molecule has 152 valence electrons. The summed E-state index contributed by atoms with van der Waals surface area (Å²) in [4.78, 5) is 12.9. The Hall–Kier alpha value is -2.94. The second-order valence-corrected chi connectivity index (χ2v) is 9.65. The highest BCUT2D eigenvalue weighted by atomic mass is 35.5. The van der Waals surface area contributed by atoms with Crippen LogP contribution in [0, 0.1) is 5.82 Å². The van der Waals surface area contributed by atoms with Gasteiger partial charge in [0.25, 0.3) is 15.9 Å². The lowest BCUT2D eigenvalue weighted by Gasteiger charge is -2.14. The minimum absolute atomic E-state index is 0.0585. The third-order valence-corrected chi connectivity index (χ3v) is 7.31. The number of hydrogen-bond acceptors (Lipinski definition) is 4. The van der Waals surface area contributed by atoms with Crippen LogP contribution in [0.5, 0.6) is 0 Å². The van der Waals surface area contributed by atoms with E-state index in [1.54, 1.807) is 41.8 Å². The van der Waals surface area contributed by atoms with Gasteiger partial charge >= 0.3 is 0 Å². The zero-order valence-electron chi connectivity index (χ0n) is 15.2. The Morgan fingerprint density at radius 3 is 2.33 bits per heavy atom. The Balaban J connectivity index is 1.77. The first-order valence-electron chi connectivity index (χ1n) is 8.69. The summed E-state index contributed by atoms with van der Waals surface area (Å²) in [5, 5.41) is 5.79. The number of hydrogen-bond donors (Lipinski definition) is 2. The predicted octanol–water partition coefficient (Wildman–Crippen LogP) is 5.75. The van der Waals surface area contributed by atoms with E-state index < -0.39 is 21.7 Å². The topological polar surface area (TPSA) is 75.3 Å². The summed E-state index contributed by atoms with van der Waals surface area (Å²) in [7, 11) is -3.88. The van der Waals surface area contributed by atoms with Crippen LogP contribution >= 0.6 is 22.9 Å². The molecule has 1 amide bonds. The van der Waals surface area contributed by atoms with E-state index in [4.69, 9.17) is 11.6 Å². The molecule has 0 unspecified atom stereocenters. The summed E-state index contributed by atoms with van der Waals surface area (Å²) in [6, 6.07) is 17.3. The largest absolute Gasteiger partial charge is 0.319 e. The Kier molecular flexibility index (Phi) is 5.46. The molecular weight excluding hydrogens is 447 g/mol. The normalized spacial score (nSPS) is 11.4. The first-order chi connectivity index (χ1) is 14.3. The van der Waals surface area contributed by atoms with Gasteiger partial charge in [0.1, 0.15) is 10.0 Å². The van der Waals surface area contributed by atoms with Gasteiger partial charge in [0.15, 0.2) is 0 Å². The van der Waals surface area contributed by atoms with E-state index in [1.807, 2.05) is 6.07 Å². The van der Waals surface area contributed by atoms with Gasteiger partial charge in [-0.1, -0.05) is 41.9 Å². The number of sulfonamides is 1. The molecule has 0 saturated heterocycles. The number of carbonyl (C=O) groups is 1. The molecule has 4 rings (SSSR count). The first kappa shape index (κ1) is 20.3. The standard InChI is InChI=1S/C21H14ClFN2O3S2/c22-15-7-8-18(17(23)12-15)24-21(26)16-10-13-4-1-2-5-14(13)11-19(16)25-30(27,28)20-6-3-9-29-20/h1-12,25H,(H,24,26). The first-order valence-corrected chi connectivity index (χ1v) is 11.4. The Labute approximate surface area is 181 Å². The highest BCUT2D eigenvalue weighted by molar-refractivity contribution is 7.94. The molecule has 1 heterocycles. The van der Waals surface area contributed by atoms with Crippen molar-refractivity contribution in [2.45, 2.75) is 4.21 Å². The van der Waals surface area contributed by atoms with E-state index in [-0.39, 0.29) is 26.2 Å². The number of amides is 1. The summed E-state index contributed by atoms with van der Waals surface area (Å²) < 4.78 is 42.2. The van der Waals surface area contributed by atoms with Crippen molar-refractivity contribution < 1.29 is 17.6 Å². The van der Waals surface area contributed by atoms with Gasteiger partial charge in [0.05, 0.1) is 16.9 Å². The van der Waals surface area contributed by atoms with Gasteiger partial charge in [-0.25, -0.2) is 12.8 Å². The molecule has 0 aliphatic carbocycles. The van der Waals surface area contributed by atoms with Gasteiger partial charge in [0.2, 0.25) is 0 Å². The Morgan fingerprint density at radius 1 is 0.933 bits per heavy atom. The van der Waals surface area contributed by atoms with Crippen molar-refractivity contribution in [1.82, 2.24) is 0 Å². The van der Waals surface area contributed by atoms with Crippen LogP contribution in [0.4, 0.5) is 15.8 Å². The lowest BCUT2D eigenvalue weighted by Crippen LogP contribution is -2.18. The van der Waals surface area contributed by atoms with E-state index in [1.165, 1.54) is 18.2 Å². The van der Waals surface area contributed by atoms with Crippen LogP contribution in [0.3, 0.4) is 0 Å². The fraction of sp³-hybridized carbons (Fsp3) is 0. The Bertz CT molecular complexity index is 1360. The minimum Gasteiger partial charge on any atom is -0.319 e. The molecular formula is C21H14ClFN2O3S2. The Morgan fingerprint density at radius 2 is 1.67 bits per heavy atom. The number of carbonyl (C=O) groups excluding carboxylic acids is 1. The van der Waals surface area contributed by atoms with Crippen LogP contribution in [0.25, 0.3) is 10.8 Å². The van der Waals surface area contributed by atoms with E-state index in [9.17, 15) is 17.6 Å². The van der Waals surface area contributed by atoms with Crippen LogP contribution in [0.2, 0.25) is 5.02 Å². The highest BCUT2D eigenvalue weighted by Crippen LogP contribution is 2.29. The van der Waals surface area contributed by atoms with E-state index >= 15 is 0 Å². The number of benzene rings is 3. The second-order valence-electron chi connectivity index (χ2n) is 6.36. The zero-order chi connectivity index (χ0) is 21.3. The van der Waals surface area contributed by atoms with Crippen molar-refractivity contribution in [3.8, 4) is 0 Å². The predicted molar refractivity (Wildman–Crippen MR) is 118 cm³/mol. The number of anilines is 2. The number of halogens is 2. The van der Waals surface area contributed by atoms with Crippen LogP contribution in [0.1, 0.15) is 10.4 Å². The smallest absolute Gasteiger partial charge is 0.271 e. The lowest BCUT2D eigenvalue weighted by molar-refractivity contribution is 0.102. The fourth-order valence-corrected chi connectivity index (χ4v) is 5.13. The van der Waals surface area contributed by atoms with Gasteiger partial charge in [-0.3, -0.25) is 9.52 Å². The molecule has 0 aliphatic heterocycles. The van der Waals surface area contributed by atoms with Gasteiger partial charge in [0, 0.05) is 5.02 Å². The van der Waals surface area contributed by atoms with Crippen LogP contribution in [-0.2, 0) is 10.0 Å². The highest BCUT2D eigenvalue weighted by Gasteiger charge is 2.21. The molecule has 9 heteroatoms. The van der Waals surface area contributed by atoms with Gasteiger partial charge in [-0.05, 0) is 52.6 Å². The summed E-state index contributed by atoms with van der Waals surface area (Å²) in [5.41, 5.74) is 0.0850. The van der Waals surface area contributed by atoms with Crippen LogP contribution in [-0.4, -0.2) is 14.3 Å². The van der Waals surface area contributed by atoms with Crippen LogP contribution < -0.4 is 10.0 Å². The van der Waals surface area contributed by atoms with Gasteiger partial charge in [-0.2, -0.15) is 0 Å². The molecule has 0 radical (unpaired) electrons. The summed E-state index contributed by atoms with van der Waals surface area (Å²) in [5.74, 6) is -1.36. The third kappa shape index (κ3) is 4.16. The average molecular weight is 461 g/mol. The summed E-state index contributed by atoms with van der Waals surface area (Å²) >= 11 is 6.81. The van der Waals surface area contributed by atoms with Crippen molar-refractivity contribution in [1.29, 1.82) is 0 Å². The molecule has 0 bridgehead atoms. The van der Waals surface area contributed by atoms with Crippen LogP contribution in [0.15, 0.2) is 76.3 Å². The third-order valence-electron chi connectivity index (χ3n) is 4.31. The van der Waals surface area contributed by atoms with Crippen molar-refractivity contribution in [2.75, 3.05) is 10.0 Å². The molecule has 0 aliphatic rings. The molecule has 0 spiro atoms. The molecule has 2 N–H and O–H groups in total. The van der Waals surface area contributed by atoms with Crippen molar-refractivity contribution >= 4 is 61.0 Å². The molecule has 5 nitrogen and oxygen atoms in total. The molecule has 4 aromatic rings. The van der Waals surface area contributed by atoms with E-state index in [0.717, 1.165) is 28.2 Å². The van der Waals surface area contributed by atoms with Crippen molar-refractivity contribution in [2.24, 2.45) is 0 Å². The van der Waals surface area contributed by atoms with Gasteiger partial charge in [-0.15, -0.1) is 11.3 Å². The number of rotatable bonds is 5. The number of thiophene rings is 1. The zero-order valence-corrected chi connectivity index (χ0v) is 17.6. The summed E-state index contributed by atoms with van der Waals surface area (Å²) in [6.07, 6.45) is 0.